The summed E-state index contributed by atoms with van der Waals surface area (Å²) < 4.78 is 36.2. The highest BCUT2D eigenvalue weighted by atomic mass is 35.5. The molecule has 0 spiro atoms. The third-order valence-corrected chi connectivity index (χ3v) is 1.72. The van der Waals surface area contributed by atoms with Crippen LogP contribution in [0, 0.1) is 0 Å². The SMILES string of the molecule is Cl.NCc1cccc(OS(=O)(=O)F)c1. The zero-order valence-electron chi connectivity index (χ0n) is 7.01. The summed E-state index contributed by atoms with van der Waals surface area (Å²) in [6.45, 7) is 0.240. The quantitative estimate of drug-likeness (QED) is 0.807. The Morgan fingerprint density at radius 1 is 1.43 bits per heavy atom. The van der Waals surface area contributed by atoms with Crippen LogP contribution < -0.4 is 9.92 Å². The molecule has 14 heavy (non-hydrogen) atoms. The van der Waals surface area contributed by atoms with E-state index < -0.39 is 10.5 Å². The van der Waals surface area contributed by atoms with Gasteiger partial charge in [-0.1, -0.05) is 16.0 Å². The molecule has 80 valence electrons. The van der Waals surface area contributed by atoms with Gasteiger partial charge in [0.15, 0.2) is 0 Å². The second-order valence-corrected chi connectivity index (χ2v) is 3.28. The molecule has 7 heteroatoms. The van der Waals surface area contributed by atoms with Crippen LogP contribution in [0.4, 0.5) is 3.89 Å². The molecule has 0 atom stereocenters. The summed E-state index contributed by atoms with van der Waals surface area (Å²) in [4.78, 5) is 0. The summed E-state index contributed by atoms with van der Waals surface area (Å²) >= 11 is 0. The average molecular weight is 242 g/mol. The normalized spacial score (nSPS) is 10.4. The second-order valence-electron chi connectivity index (χ2n) is 2.33. The van der Waals surface area contributed by atoms with Crippen LogP contribution in [0.15, 0.2) is 24.3 Å². The topological polar surface area (TPSA) is 69.4 Å². The maximum atomic E-state index is 12.0. The molecule has 4 nitrogen and oxygen atoms in total. The predicted octanol–water partition coefficient (Wildman–Crippen LogP) is 1.16. The Morgan fingerprint density at radius 3 is 2.57 bits per heavy atom. The van der Waals surface area contributed by atoms with Gasteiger partial charge in [0.2, 0.25) is 0 Å². The van der Waals surface area contributed by atoms with E-state index in [-0.39, 0.29) is 24.7 Å². The lowest BCUT2D eigenvalue weighted by Gasteiger charge is -2.01. The van der Waals surface area contributed by atoms with E-state index in [1.54, 1.807) is 6.07 Å². The van der Waals surface area contributed by atoms with Gasteiger partial charge in [-0.2, -0.15) is 8.42 Å². The molecular weight excluding hydrogens is 233 g/mol. The molecule has 0 amide bonds. The summed E-state index contributed by atoms with van der Waals surface area (Å²) in [7, 11) is -4.94. The Labute approximate surface area is 87.7 Å². The van der Waals surface area contributed by atoms with Crippen molar-refractivity contribution in [2.75, 3.05) is 0 Å². The fourth-order valence-corrected chi connectivity index (χ4v) is 1.17. The minimum Gasteiger partial charge on any atom is -0.358 e. The first-order chi connectivity index (χ1) is 6.01. The first-order valence-electron chi connectivity index (χ1n) is 3.44. The molecule has 0 aliphatic rings. The molecular formula is C7H9ClFNO3S. The average Bonchev–Trinajstić information content (AvgIpc) is 2.01. The third-order valence-electron chi connectivity index (χ3n) is 1.33. The van der Waals surface area contributed by atoms with Crippen molar-refractivity contribution in [3.63, 3.8) is 0 Å². The molecule has 0 heterocycles. The van der Waals surface area contributed by atoms with Gasteiger partial charge < -0.3 is 9.92 Å². The summed E-state index contributed by atoms with van der Waals surface area (Å²) in [5.41, 5.74) is 5.95. The Kier molecular flexibility index (Phi) is 4.82. The number of benzene rings is 1. The number of rotatable bonds is 3. The van der Waals surface area contributed by atoms with Crippen LogP contribution in [0.5, 0.6) is 5.75 Å². The maximum Gasteiger partial charge on any atom is 0.488 e. The highest BCUT2D eigenvalue weighted by molar-refractivity contribution is 7.81. The van der Waals surface area contributed by atoms with Gasteiger partial charge in [0.25, 0.3) is 0 Å². The van der Waals surface area contributed by atoms with E-state index in [9.17, 15) is 12.3 Å². The van der Waals surface area contributed by atoms with E-state index in [1.165, 1.54) is 18.2 Å². The standard InChI is InChI=1S/C7H8FNO3S.ClH/c8-13(10,11)12-7-3-1-2-6(4-7)5-9;/h1-4H,5,9H2;1H. The van der Waals surface area contributed by atoms with Crippen LogP contribution in [-0.2, 0) is 17.0 Å². The van der Waals surface area contributed by atoms with Crippen LogP contribution in [-0.4, -0.2) is 8.42 Å². The molecule has 0 fully saturated rings. The van der Waals surface area contributed by atoms with E-state index in [0.717, 1.165) is 0 Å². The first kappa shape index (κ1) is 13.2. The molecule has 0 unspecified atom stereocenters. The van der Waals surface area contributed by atoms with Gasteiger partial charge in [0, 0.05) is 6.54 Å². The Balaban J connectivity index is 0.00000169. The van der Waals surface area contributed by atoms with E-state index in [2.05, 4.69) is 4.18 Å². The van der Waals surface area contributed by atoms with Crippen molar-refractivity contribution in [1.82, 2.24) is 0 Å². The molecule has 1 aromatic carbocycles. The van der Waals surface area contributed by atoms with Gasteiger partial charge in [0.05, 0.1) is 0 Å². The van der Waals surface area contributed by atoms with Crippen LogP contribution in [0.2, 0.25) is 0 Å². The second kappa shape index (κ2) is 5.14. The minimum absolute atomic E-state index is 0. The smallest absolute Gasteiger partial charge is 0.358 e. The van der Waals surface area contributed by atoms with Gasteiger partial charge in [-0.15, -0.1) is 12.4 Å². The van der Waals surface area contributed by atoms with Crippen LogP contribution in [0.3, 0.4) is 0 Å². The number of nitrogens with two attached hydrogens (primary N) is 1. The number of hydrogen-bond acceptors (Lipinski definition) is 4. The van der Waals surface area contributed by atoms with Gasteiger partial charge in [-0.3, -0.25) is 0 Å². The highest BCUT2D eigenvalue weighted by Crippen LogP contribution is 2.15. The third kappa shape index (κ3) is 4.40. The molecule has 0 aliphatic carbocycles. The van der Waals surface area contributed by atoms with E-state index in [4.69, 9.17) is 5.73 Å². The highest BCUT2D eigenvalue weighted by Gasteiger charge is 2.08. The molecule has 0 bridgehead atoms. The van der Waals surface area contributed by atoms with Crippen molar-refractivity contribution in [3.05, 3.63) is 29.8 Å². The Bertz CT molecular complexity index is 396. The zero-order valence-corrected chi connectivity index (χ0v) is 8.65. The van der Waals surface area contributed by atoms with Crippen molar-refractivity contribution in [3.8, 4) is 5.75 Å². The number of hydrogen-bond donors (Lipinski definition) is 1. The van der Waals surface area contributed by atoms with Crippen molar-refractivity contribution in [1.29, 1.82) is 0 Å². The lowest BCUT2D eigenvalue weighted by atomic mass is 10.2. The first-order valence-corrected chi connectivity index (χ1v) is 4.75. The van der Waals surface area contributed by atoms with E-state index >= 15 is 0 Å². The van der Waals surface area contributed by atoms with Crippen LogP contribution in [0.1, 0.15) is 5.56 Å². The molecule has 0 saturated heterocycles. The fraction of sp³-hybridized carbons (Fsp3) is 0.143. The summed E-state index contributed by atoms with van der Waals surface area (Å²) in [6, 6.07) is 5.90. The lowest BCUT2D eigenvalue weighted by Crippen LogP contribution is -2.02. The van der Waals surface area contributed by atoms with E-state index in [0.29, 0.717) is 5.56 Å². The van der Waals surface area contributed by atoms with Crippen molar-refractivity contribution < 1.29 is 16.5 Å². The Hall–Kier alpha value is -0.850. The van der Waals surface area contributed by atoms with Gasteiger partial charge >= 0.3 is 10.5 Å². The lowest BCUT2D eigenvalue weighted by molar-refractivity contribution is 0.440. The molecule has 0 radical (unpaired) electrons. The van der Waals surface area contributed by atoms with Crippen molar-refractivity contribution in [2.24, 2.45) is 5.73 Å². The summed E-state index contributed by atoms with van der Waals surface area (Å²) in [5.74, 6) is -0.0783. The molecule has 0 aliphatic heterocycles. The van der Waals surface area contributed by atoms with Gasteiger partial charge in [0.1, 0.15) is 5.75 Å². The maximum absolute atomic E-state index is 12.0. The van der Waals surface area contributed by atoms with Crippen LogP contribution >= 0.6 is 12.4 Å². The largest absolute Gasteiger partial charge is 0.488 e. The molecule has 0 aromatic heterocycles. The fourth-order valence-electron chi connectivity index (χ4n) is 0.839. The Morgan fingerprint density at radius 2 is 2.07 bits per heavy atom. The summed E-state index contributed by atoms with van der Waals surface area (Å²) in [5, 5.41) is 0. The van der Waals surface area contributed by atoms with Gasteiger partial charge in [-0.25, -0.2) is 0 Å². The molecule has 1 rings (SSSR count). The molecule has 1 aromatic rings. The zero-order chi connectivity index (χ0) is 9.90. The monoisotopic (exact) mass is 241 g/mol. The van der Waals surface area contributed by atoms with Crippen molar-refractivity contribution >= 4 is 22.9 Å². The number of halogens is 2. The van der Waals surface area contributed by atoms with E-state index in [1.807, 2.05) is 0 Å². The predicted molar refractivity (Wildman–Crippen MR) is 52.2 cm³/mol. The van der Waals surface area contributed by atoms with Crippen LogP contribution in [0.25, 0.3) is 0 Å². The molecule has 2 N–H and O–H groups in total. The molecule has 0 saturated carbocycles. The minimum atomic E-state index is -4.94. The summed E-state index contributed by atoms with van der Waals surface area (Å²) in [6.07, 6.45) is 0. The van der Waals surface area contributed by atoms with Crippen molar-refractivity contribution in [2.45, 2.75) is 6.54 Å². The van der Waals surface area contributed by atoms with Gasteiger partial charge in [-0.05, 0) is 17.7 Å².